The molecule has 2 aromatic carbocycles. The van der Waals surface area contributed by atoms with Gasteiger partial charge < -0.3 is 14.9 Å². The third-order valence-electron chi connectivity index (χ3n) is 8.14. The van der Waals surface area contributed by atoms with Gasteiger partial charge in [0.2, 0.25) is 0 Å². The molecule has 2 aliphatic rings. The minimum Gasteiger partial charge on any atom is -0.480 e. The van der Waals surface area contributed by atoms with E-state index in [4.69, 9.17) is 0 Å². The summed E-state index contributed by atoms with van der Waals surface area (Å²) < 4.78 is 80.8. The van der Waals surface area contributed by atoms with E-state index in [0.29, 0.717) is 38.2 Å². The van der Waals surface area contributed by atoms with Gasteiger partial charge in [-0.3, -0.25) is 9.69 Å². The minimum atomic E-state index is -5.00. The van der Waals surface area contributed by atoms with Crippen LogP contribution in [0.25, 0.3) is 0 Å². The van der Waals surface area contributed by atoms with Crippen LogP contribution >= 0.6 is 0 Å². The Kier molecular flexibility index (Phi) is 8.13. The SMILES string of the molecule is Cc1ccccc1C1[C@@H]2CN(CC(=O)O)CC2CCN1C(=O)N(C)C(C)c1cc(C(F)(F)F)cc(C(F)(F)F)c1. The molecule has 3 unspecified atom stereocenters. The van der Waals surface area contributed by atoms with E-state index in [1.54, 1.807) is 4.90 Å². The van der Waals surface area contributed by atoms with E-state index in [9.17, 15) is 41.0 Å². The number of urea groups is 1. The molecule has 12 heteroatoms. The number of carbonyl (C=O) groups is 2. The molecule has 6 nitrogen and oxygen atoms in total. The molecular weight excluding hydrogens is 540 g/mol. The molecule has 1 N–H and O–H groups in total. The Morgan fingerprint density at radius 2 is 1.62 bits per heavy atom. The second-order valence-corrected chi connectivity index (χ2v) is 10.7. The first-order valence-corrected chi connectivity index (χ1v) is 12.9. The first kappa shape index (κ1) is 29.7. The van der Waals surface area contributed by atoms with E-state index in [0.717, 1.165) is 11.1 Å². The van der Waals surface area contributed by atoms with Crippen LogP contribution in [-0.2, 0) is 17.1 Å². The molecule has 2 fully saturated rings. The van der Waals surface area contributed by atoms with Crippen LogP contribution in [0.3, 0.4) is 0 Å². The number of carboxylic acid groups (broad SMARTS) is 1. The maximum atomic E-state index is 13.9. The maximum absolute atomic E-state index is 13.9. The van der Waals surface area contributed by atoms with Crippen molar-refractivity contribution in [1.29, 1.82) is 0 Å². The first-order chi connectivity index (χ1) is 18.6. The fraction of sp³-hybridized carbons (Fsp3) is 0.500. The molecule has 0 radical (unpaired) electrons. The molecular formula is C28H31F6N3O3. The number of rotatable bonds is 5. The highest BCUT2D eigenvalue weighted by molar-refractivity contribution is 5.76. The summed E-state index contributed by atoms with van der Waals surface area (Å²) in [6.07, 6.45) is -9.40. The minimum absolute atomic E-state index is 0.0694. The van der Waals surface area contributed by atoms with Gasteiger partial charge in [0, 0.05) is 32.6 Å². The van der Waals surface area contributed by atoms with Crippen LogP contribution in [0, 0.1) is 18.8 Å². The van der Waals surface area contributed by atoms with Crippen LogP contribution in [-0.4, -0.2) is 65.0 Å². The van der Waals surface area contributed by atoms with Crippen LogP contribution in [0.1, 0.15) is 53.2 Å². The summed E-state index contributed by atoms with van der Waals surface area (Å²) in [5.41, 5.74) is -1.36. The van der Waals surface area contributed by atoms with Crippen molar-refractivity contribution in [2.75, 3.05) is 33.2 Å². The Bertz CT molecular complexity index is 1230. The highest BCUT2D eigenvalue weighted by Crippen LogP contribution is 2.45. The lowest BCUT2D eigenvalue weighted by molar-refractivity contribution is -0.143. The van der Waals surface area contributed by atoms with Gasteiger partial charge in [-0.2, -0.15) is 26.3 Å². The van der Waals surface area contributed by atoms with Gasteiger partial charge >= 0.3 is 24.4 Å². The number of likely N-dealkylation sites (tertiary alicyclic amines) is 2. The zero-order valence-electron chi connectivity index (χ0n) is 22.3. The fourth-order valence-corrected chi connectivity index (χ4v) is 5.99. The number of benzene rings is 2. The van der Waals surface area contributed by atoms with Crippen molar-refractivity contribution in [3.05, 3.63) is 70.3 Å². The molecule has 0 aliphatic carbocycles. The highest BCUT2D eigenvalue weighted by Gasteiger charge is 2.47. The van der Waals surface area contributed by atoms with Gasteiger partial charge in [-0.05, 0) is 61.1 Å². The summed E-state index contributed by atoms with van der Waals surface area (Å²) in [5.74, 6) is -0.910. The van der Waals surface area contributed by atoms with Crippen LogP contribution in [0.15, 0.2) is 42.5 Å². The standard InChI is InChI=1S/C28H31F6N3O3/c1-16-6-4-5-7-22(16)25-23-14-36(15-24(38)39)13-18(23)8-9-37(25)26(40)35(3)17(2)19-10-20(27(29,30)31)12-21(11-19)28(32,33)34/h4-7,10-12,17-18,23,25H,8-9,13-15H2,1-3H3,(H,38,39)/t17?,18?,23-,25?/m1/s1. The molecule has 2 aliphatic heterocycles. The van der Waals surface area contributed by atoms with Gasteiger partial charge in [-0.25, -0.2) is 4.79 Å². The number of piperidine rings is 1. The number of carboxylic acids is 1. The first-order valence-electron chi connectivity index (χ1n) is 12.9. The number of hydrogen-bond donors (Lipinski definition) is 1. The summed E-state index contributed by atoms with van der Waals surface area (Å²) in [6.45, 7) is 4.49. The number of fused-ring (bicyclic) bond motifs is 1. The lowest BCUT2D eigenvalue weighted by Gasteiger charge is -2.45. The van der Waals surface area contributed by atoms with Gasteiger partial charge in [-0.15, -0.1) is 0 Å². The van der Waals surface area contributed by atoms with Crippen LogP contribution in [0.2, 0.25) is 0 Å². The van der Waals surface area contributed by atoms with Crippen molar-refractivity contribution in [1.82, 2.24) is 14.7 Å². The average molecular weight is 572 g/mol. The Hall–Kier alpha value is -3.28. The molecule has 2 aromatic rings. The molecule has 0 bridgehead atoms. The molecule has 2 saturated heterocycles. The van der Waals surface area contributed by atoms with E-state index in [1.807, 2.05) is 36.1 Å². The lowest BCUT2D eigenvalue weighted by atomic mass is 9.78. The number of alkyl halides is 6. The predicted molar refractivity (Wildman–Crippen MR) is 134 cm³/mol. The third kappa shape index (κ3) is 6.06. The van der Waals surface area contributed by atoms with Crippen molar-refractivity contribution in [3.63, 3.8) is 0 Å². The summed E-state index contributed by atoms with van der Waals surface area (Å²) >= 11 is 0. The van der Waals surface area contributed by atoms with Crippen LogP contribution in [0.5, 0.6) is 0 Å². The van der Waals surface area contributed by atoms with Crippen molar-refractivity contribution >= 4 is 12.0 Å². The molecule has 2 heterocycles. The second-order valence-electron chi connectivity index (χ2n) is 10.7. The van der Waals surface area contributed by atoms with Crippen LogP contribution in [0.4, 0.5) is 31.1 Å². The van der Waals surface area contributed by atoms with E-state index >= 15 is 0 Å². The molecule has 2 amide bonds. The molecule has 0 saturated carbocycles. The number of nitrogens with zero attached hydrogens (tertiary/aromatic N) is 3. The number of halogens is 6. The Balaban J connectivity index is 1.68. The highest BCUT2D eigenvalue weighted by atomic mass is 19.4. The summed E-state index contributed by atoms with van der Waals surface area (Å²) in [5, 5.41) is 9.30. The molecule has 40 heavy (non-hydrogen) atoms. The Morgan fingerprint density at radius 3 is 2.17 bits per heavy atom. The van der Waals surface area contributed by atoms with Crippen LogP contribution < -0.4 is 0 Å². The average Bonchev–Trinajstić information content (AvgIpc) is 3.27. The van der Waals surface area contributed by atoms with Gasteiger partial charge in [0.25, 0.3) is 0 Å². The van der Waals surface area contributed by atoms with Gasteiger partial charge in [-0.1, -0.05) is 24.3 Å². The quantitative estimate of drug-likeness (QED) is 0.433. The van der Waals surface area contributed by atoms with Crippen molar-refractivity contribution < 1.29 is 41.0 Å². The second kappa shape index (κ2) is 10.9. The van der Waals surface area contributed by atoms with E-state index in [2.05, 4.69) is 0 Å². The largest absolute Gasteiger partial charge is 0.480 e. The molecule has 4 rings (SSSR count). The maximum Gasteiger partial charge on any atom is 0.416 e. The van der Waals surface area contributed by atoms with Gasteiger partial charge in [0.15, 0.2) is 0 Å². The van der Waals surface area contributed by atoms with Crippen molar-refractivity contribution in [2.45, 2.75) is 44.7 Å². The van der Waals surface area contributed by atoms with Gasteiger partial charge in [0.05, 0.1) is 29.8 Å². The fourth-order valence-electron chi connectivity index (χ4n) is 5.99. The zero-order chi connectivity index (χ0) is 29.6. The molecule has 4 atom stereocenters. The Labute approximate surface area is 228 Å². The molecule has 0 aromatic heterocycles. The van der Waals surface area contributed by atoms with Crippen molar-refractivity contribution in [3.8, 4) is 0 Å². The summed E-state index contributed by atoms with van der Waals surface area (Å²) in [4.78, 5) is 29.9. The number of amides is 2. The molecule has 0 spiro atoms. The number of aliphatic carboxylic acids is 1. The Morgan fingerprint density at radius 1 is 1.02 bits per heavy atom. The number of carbonyl (C=O) groups excluding carboxylic acids is 1. The monoisotopic (exact) mass is 571 g/mol. The van der Waals surface area contributed by atoms with Crippen molar-refractivity contribution in [2.24, 2.45) is 11.8 Å². The topological polar surface area (TPSA) is 64.1 Å². The lowest BCUT2D eigenvalue weighted by Crippen LogP contribution is -2.51. The van der Waals surface area contributed by atoms with E-state index in [-0.39, 0.29) is 30.0 Å². The van der Waals surface area contributed by atoms with E-state index < -0.39 is 47.6 Å². The third-order valence-corrected chi connectivity index (χ3v) is 8.14. The zero-order valence-corrected chi connectivity index (χ0v) is 22.3. The molecule has 218 valence electrons. The van der Waals surface area contributed by atoms with E-state index in [1.165, 1.54) is 18.9 Å². The van der Waals surface area contributed by atoms with Gasteiger partial charge in [0.1, 0.15) is 0 Å². The summed E-state index contributed by atoms with van der Waals surface area (Å²) in [7, 11) is 1.37. The number of aryl methyl sites for hydroxylation is 1. The normalized spacial score (nSPS) is 22.6. The predicted octanol–water partition coefficient (Wildman–Crippen LogP) is 6.23. The summed E-state index contributed by atoms with van der Waals surface area (Å²) in [6, 6.07) is 6.80. The smallest absolute Gasteiger partial charge is 0.416 e. The number of hydrogen-bond acceptors (Lipinski definition) is 3.